The molecule has 0 saturated carbocycles. The summed E-state index contributed by atoms with van der Waals surface area (Å²) in [7, 11) is 0. The number of carbonyl (C=O) groups excluding carboxylic acids is 2. The first-order valence-corrected chi connectivity index (χ1v) is 3.93. The van der Waals surface area contributed by atoms with E-state index in [0.29, 0.717) is 0 Å². The summed E-state index contributed by atoms with van der Waals surface area (Å²) in [6.45, 7) is 0. The largest absolute Gasteiger partial charge is 1.00 e. The third kappa shape index (κ3) is 2.26. The minimum atomic E-state index is -0.479. The van der Waals surface area contributed by atoms with Crippen LogP contribution in [0.4, 0.5) is 0 Å². The summed E-state index contributed by atoms with van der Waals surface area (Å²) in [6, 6.07) is 2.36. The van der Waals surface area contributed by atoms with E-state index in [4.69, 9.17) is 0 Å². The number of phenols is 2. The van der Waals surface area contributed by atoms with Crippen LogP contribution in [0.5, 0.6) is 11.5 Å². The van der Waals surface area contributed by atoms with Crippen LogP contribution in [0, 0.1) is 0 Å². The van der Waals surface area contributed by atoms with Crippen molar-refractivity contribution in [1.82, 2.24) is 0 Å². The second-order valence-electron chi connectivity index (χ2n) is 2.92. The van der Waals surface area contributed by atoms with Crippen LogP contribution >= 0.6 is 0 Å². The molecule has 16 heavy (non-hydrogen) atoms. The van der Waals surface area contributed by atoms with Crippen molar-refractivity contribution >= 4 is 11.6 Å². The van der Waals surface area contributed by atoms with E-state index in [1.165, 1.54) is 12.1 Å². The zero-order valence-corrected chi connectivity index (χ0v) is 9.02. The van der Waals surface area contributed by atoms with Crippen molar-refractivity contribution in [1.29, 1.82) is 0 Å². The summed E-state index contributed by atoms with van der Waals surface area (Å²) in [6.07, 6.45) is 2.15. The first-order chi connectivity index (χ1) is 6.61. The minimum Gasteiger partial charge on any atom is -1.00 e. The molecule has 0 aliphatic heterocycles. The third-order valence-corrected chi connectivity index (χ3v) is 2.04. The van der Waals surface area contributed by atoms with E-state index in [0.717, 1.165) is 12.2 Å². The fourth-order valence-corrected chi connectivity index (χ4v) is 1.40. The molecule has 0 radical (unpaired) electrons. The molecule has 6 heteroatoms. The summed E-state index contributed by atoms with van der Waals surface area (Å²) >= 11 is 0. The molecule has 0 spiro atoms. The average molecular weight is 206 g/mol. The number of benzene rings is 1. The van der Waals surface area contributed by atoms with Crippen molar-refractivity contribution in [2.45, 2.75) is 0 Å². The molecule has 74 valence electrons. The van der Waals surface area contributed by atoms with Gasteiger partial charge < -0.3 is 13.1 Å². The van der Waals surface area contributed by atoms with Gasteiger partial charge in [0, 0.05) is 0 Å². The Hall–Kier alpha value is -0.905. The molecule has 0 heterocycles. The molecule has 0 bridgehead atoms. The zero-order valence-electron chi connectivity index (χ0n) is 11.0. The van der Waals surface area contributed by atoms with Gasteiger partial charge >= 0.3 is 37.7 Å². The SMILES string of the molecule is O=C1C=CC(=O)c2c(O)ccc(O)c21.[H-].[H-].[Li+].[Li+]. The molecule has 1 aromatic rings. The summed E-state index contributed by atoms with van der Waals surface area (Å²) in [4.78, 5) is 22.6. The van der Waals surface area contributed by atoms with Crippen molar-refractivity contribution in [3.05, 3.63) is 35.4 Å². The number of aromatic hydroxyl groups is 2. The smallest absolute Gasteiger partial charge is 1.00 e. The van der Waals surface area contributed by atoms with Crippen molar-refractivity contribution in [3.8, 4) is 11.5 Å². The van der Waals surface area contributed by atoms with E-state index in [-0.39, 0.29) is 63.2 Å². The Morgan fingerprint density at radius 3 is 1.44 bits per heavy atom. The number of hydrogen-bond donors (Lipinski definition) is 2. The van der Waals surface area contributed by atoms with Crippen LogP contribution in [0.2, 0.25) is 0 Å². The summed E-state index contributed by atoms with van der Waals surface area (Å²) in [5.41, 5.74) is -0.255. The topological polar surface area (TPSA) is 74.6 Å². The Kier molecular flexibility index (Phi) is 5.12. The van der Waals surface area contributed by atoms with Gasteiger partial charge in [0.2, 0.25) is 0 Å². The molecule has 2 N–H and O–H groups in total. The monoisotopic (exact) mass is 206 g/mol. The normalized spacial score (nSPS) is 12.5. The molecule has 0 aromatic heterocycles. The molecule has 1 aliphatic carbocycles. The van der Waals surface area contributed by atoms with Crippen molar-refractivity contribution in [2.24, 2.45) is 0 Å². The standard InChI is InChI=1S/C10H6O4.2Li.2H/c11-5-1-2-6(12)10-8(14)4-3-7(13)9(5)10;;;;/h1-4,11-12H;;;;/q;2*+1;2*-1. The van der Waals surface area contributed by atoms with Crippen molar-refractivity contribution < 1.29 is 60.4 Å². The molecule has 2 rings (SSSR count). The van der Waals surface area contributed by atoms with Gasteiger partial charge in [0.1, 0.15) is 11.5 Å². The van der Waals surface area contributed by atoms with E-state index in [1.807, 2.05) is 0 Å². The van der Waals surface area contributed by atoms with Gasteiger partial charge in [-0.05, 0) is 24.3 Å². The number of hydrogen-bond acceptors (Lipinski definition) is 4. The second-order valence-corrected chi connectivity index (χ2v) is 2.92. The van der Waals surface area contributed by atoms with Gasteiger partial charge in [0.25, 0.3) is 0 Å². The molecule has 0 amide bonds. The zero-order chi connectivity index (χ0) is 10.3. The minimum absolute atomic E-state index is 0. The summed E-state index contributed by atoms with van der Waals surface area (Å²) in [5.74, 6) is -1.54. The van der Waals surface area contributed by atoms with Crippen LogP contribution < -0.4 is 37.7 Å². The fraction of sp³-hybridized carbons (Fsp3) is 0. The molecule has 1 aliphatic rings. The summed E-state index contributed by atoms with van der Waals surface area (Å²) < 4.78 is 0. The van der Waals surface area contributed by atoms with Crippen LogP contribution in [0.3, 0.4) is 0 Å². The number of ketones is 2. The number of allylic oxidation sites excluding steroid dienone is 2. The van der Waals surface area contributed by atoms with Crippen LogP contribution in [0.1, 0.15) is 23.6 Å². The number of phenolic OH excluding ortho intramolecular Hbond substituents is 2. The maximum atomic E-state index is 11.3. The van der Waals surface area contributed by atoms with Gasteiger partial charge in [-0.3, -0.25) is 9.59 Å². The Morgan fingerprint density at radius 1 is 0.812 bits per heavy atom. The Morgan fingerprint density at radius 2 is 1.12 bits per heavy atom. The van der Waals surface area contributed by atoms with E-state index < -0.39 is 11.6 Å². The predicted octanol–water partition coefficient (Wildman–Crippen LogP) is -4.73. The molecule has 0 saturated heterocycles. The number of fused-ring (bicyclic) bond motifs is 1. The van der Waals surface area contributed by atoms with E-state index in [9.17, 15) is 19.8 Å². The maximum Gasteiger partial charge on any atom is 1.00 e. The molecule has 0 unspecified atom stereocenters. The van der Waals surface area contributed by atoms with Crippen LogP contribution in [-0.4, -0.2) is 21.8 Å². The number of carbonyl (C=O) groups is 2. The molecular formula is C10H8Li2O4. The Labute approximate surface area is 119 Å². The Balaban J connectivity index is -0.000000562. The predicted molar refractivity (Wildman–Crippen MR) is 49.8 cm³/mol. The van der Waals surface area contributed by atoms with Gasteiger partial charge in [-0.15, -0.1) is 0 Å². The maximum absolute atomic E-state index is 11.3. The Bertz CT molecular complexity index is 446. The molecule has 4 nitrogen and oxygen atoms in total. The van der Waals surface area contributed by atoms with Crippen LogP contribution in [-0.2, 0) is 0 Å². The summed E-state index contributed by atoms with van der Waals surface area (Å²) in [5, 5.41) is 18.7. The van der Waals surface area contributed by atoms with Gasteiger partial charge in [-0.25, -0.2) is 0 Å². The fourth-order valence-electron chi connectivity index (χ4n) is 1.40. The third-order valence-electron chi connectivity index (χ3n) is 2.04. The van der Waals surface area contributed by atoms with Crippen molar-refractivity contribution in [3.63, 3.8) is 0 Å². The molecule has 0 fully saturated rings. The van der Waals surface area contributed by atoms with Crippen molar-refractivity contribution in [2.75, 3.05) is 0 Å². The van der Waals surface area contributed by atoms with E-state index in [2.05, 4.69) is 0 Å². The first kappa shape index (κ1) is 15.1. The van der Waals surface area contributed by atoms with Gasteiger partial charge in [0.05, 0.1) is 11.1 Å². The first-order valence-electron chi connectivity index (χ1n) is 3.93. The average Bonchev–Trinajstić information content (AvgIpc) is 2.16. The quantitative estimate of drug-likeness (QED) is 0.330. The van der Waals surface area contributed by atoms with Gasteiger partial charge in [-0.2, -0.15) is 0 Å². The van der Waals surface area contributed by atoms with E-state index >= 15 is 0 Å². The molecule has 0 atom stereocenters. The van der Waals surface area contributed by atoms with Gasteiger partial charge in [-0.1, -0.05) is 0 Å². The van der Waals surface area contributed by atoms with Crippen LogP contribution in [0.25, 0.3) is 0 Å². The second kappa shape index (κ2) is 5.43. The van der Waals surface area contributed by atoms with E-state index in [1.54, 1.807) is 0 Å². The number of rotatable bonds is 0. The van der Waals surface area contributed by atoms with Crippen LogP contribution in [0.15, 0.2) is 24.3 Å². The van der Waals surface area contributed by atoms with Gasteiger partial charge in [0.15, 0.2) is 11.6 Å². The molecule has 1 aromatic carbocycles. The molecular weight excluding hydrogens is 198 g/mol.